The monoisotopic (exact) mass is 387 g/mol. The molecule has 29 heavy (non-hydrogen) atoms. The van der Waals surface area contributed by atoms with E-state index in [0.717, 1.165) is 11.1 Å². The third kappa shape index (κ3) is 4.75. The lowest BCUT2D eigenvalue weighted by Gasteiger charge is -2.43. The lowest BCUT2D eigenvalue weighted by Crippen LogP contribution is -2.43. The number of carboxylic acid groups (broad SMARTS) is 1. The van der Waals surface area contributed by atoms with Crippen molar-refractivity contribution in [1.82, 2.24) is 4.90 Å². The molecule has 2 atom stereocenters. The van der Waals surface area contributed by atoms with Gasteiger partial charge in [0.25, 0.3) is 0 Å². The molecule has 0 heterocycles. The molecule has 1 N–H and O–H groups in total. The molecule has 3 rings (SSSR count). The van der Waals surface area contributed by atoms with Gasteiger partial charge in [0.05, 0.1) is 11.5 Å². The van der Waals surface area contributed by atoms with E-state index in [1.807, 2.05) is 80.6 Å². The summed E-state index contributed by atoms with van der Waals surface area (Å²) >= 11 is 0. The first-order valence-electron chi connectivity index (χ1n) is 10.0. The van der Waals surface area contributed by atoms with Gasteiger partial charge in [-0.2, -0.15) is 0 Å². The normalized spacial score (nSPS) is 13.8. The molecule has 3 nitrogen and oxygen atoms in total. The number of hydrogen-bond acceptors (Lipinski definition) is 2. The average Bonchev–Trinajstić information content (AvgIpc) is 2.74. The molecule has 0 radical (unpaired) electrons. The van der Waals surface area contributed by atoms with Crippen LogP contribution in [0, 0.1) is 5.41 Å². The molecular formula is C26H29NO2. The second-order valence-corrected chi connectivity index (χ2v) is 8.08. The van der Waals surface area contributed by atoms with Crippen LogP contribution in [0.15, 0.2) is 91.0 Å². The molecule has 0 aromatic heterocycles. The fourth-order valence-corrected chi connectivity index (χ4v) is 3.94. The van der Waals surface area contributed by atoms with Crippen molar-refractivity contribution in [2.75, 3.05) is 0 Å². The lowest BCUT2D eigenvalue weighted by atomic mass is 9.78. The summed E-state index contributed by atoms with van der Waals surface area (Å²) in [5.41, 5.74) is 2.38. The van der Waals surface area contributed by atoms with Crippen molar-refractivity contribution in [2.24, 2.45) is 5.41 Å². The first kappa shape index (κ1) is 20.8. The van der Waals surface area contributed by atoms with Crippen LogP contribution in [0.4, 0.5) is 0 Å². The Bertz CT molecular complexity index is 907. The van der Waals surface area contributed by atoms with Crippen LogP contribution in [-0.2, 0) is 11.3 Å². The molecule has 0 aliphatic carbocycles. The summed E-state index contributed by atoms with van der Waals surface area (Å²) in [5, 5.41) is 10.1. The minimum atomic E-state index is -0.973. The number of rotatable bonds is 8. The van der Waals surface area contributed by atoms with Gasteiger partial charge >= 0.3 is 5.97 Å². The third-order valence-electron chi connectivity index (χ3n) is 5.67. The Morgan fingerprint density at radius 1 is 0.828 bits per heavy atom. The number of carbonyl (C=O) groups is 1. The van der Waals surface area contributed by atoms with Gasteiger partial charge in [0.15, 0.2) is 0 Å². The molecule has 0 saturated heterocycles. The Kier molecular flexibility index (Phi) is 6.50. The maximum absolute atomic E-state index is 12.3. The topological polar surface area (TPSA) is 40.5 Å². The van der Waals surface area contributed by atoms with Gasteiger partial charge in [-0.25, -0.2) is 0 Å². The molecule has 0 aliphatic rings. The first-order valence-corrected chi connectivity index (χ1v) is 10.0. The van der Waals surface area contributed by atoms with Crippen LogP contribution in [0.2, 0.25) is 0 Å². The summed E-state index contributed by atoms with van der Waals surface area (Å²) in [4.78, 5) is 14.6. The highest BCUT2D eigenvalue weighted by molar-refractivity contribution is 5.75. The Balaban J connectivity index is 2.13. The maximum atomic E-state index is 12.3. The highest BCUT2D eigenvalue weighted by atomic mass is 16.4. The average molecular weight is 388 g/mol. The fourth-order valence-electron chi connectivity index (χ4n) is 3.94. The summed E-state index contributed by atoms with van der Waals surface area (Å²) < 4.78 is 0. The zero-order valence-corrected chi connectivity index (χ0v) is 17.3. The zero-order chi connectivity index (χ0) is 20.9. The van der Waals surface area contributed by atoms with Crippen molar-refractivity contribution >= 4 is 5.97 Å². The van der Waals surface area contributed by atoms with Crippen molar-refractivity contribution in [2.45, 2.75) is 39.4 Å². The number of hydrogen-bond donors (Lipinski definition) is 1. The van der Waals surface area contributed by atoms with E-state index in [1.54, 1.807) is 0 Å². The van der Waals surface area contributed by atoms with Crippen molar-refractivity contribution in [3.63, 3.8) is 0 Å². The highest BCUT2D eigenvalue weighted by Gasteiger charge is 2.43. The highest BCUT2D eigenvalue weighted by Crippen LogP contribution is 2.43. The van der Waals surface area contributed by atoms with Gasteiger partial charge in [0, 0.05) is 12.6 Å². The summed E-state index contributed by atoms with van der Waals surface area (Å²) in [6.45, 7) is 6.46. The largest absolute Gasteiger partial charge is 0.481 e. The molecule has 3 aromatic carbocycles. The van der Waals surface area contributed by atoms with Crippen molar-refractivity contribution in [3.05, 3.63) is 108 Å². The molecule has 150 valence electrons. The van der Waals surface area contributed by atoms with Gasteiger partial charge in [-0.1, -0.05) is 91.0 Å². The molecule has 0 spiro atoms. The summed E-state index contributed by atoms with van der Waals surface area (Å²) in [5.74, 6) is -0.801. The molecular weight excluding hydrogens is 358 g/mol. The minimum Gasteiger partial charge on any atom is -0.481 e. The second-order valence-electron chi connectivity index (χ2n) is 8.08. The predicted molar refractivity (Wildman–Crippen MR) is 117 cm³/mol. The van der Waals surface area contributed by atoms with Crippen LogP contribution >= 0.6 is 0 Å². The van der Waals surface area contributed by atoms with Crippen molar-refractivity contribution < 1.29 is 9.90 Å². The van der Waals surface area contributed by atoms with Crippen molar-refractivity contribution in [3.8, 4) is 0 Å². The summed E-state index contributed by atoms with van der Waals surface area (Å²) in [6, 6.07) is 30.3. The summed E-state index contributed by atoms with van der Waals surface area (Å²) in [7, 11) is 0. The molecule has 0 bridgehead atoms. The number of nitrogens with zero attached hydrogens (tertiary/aromatic N) is 1. The van der Waals surface area contributed by atoms with Crippen LogP contribution < -0.4 is 0 Å². The number of aliphatic carboxylic acids is 1. The third-order valence-corrected chi connectivity index (χ3v) is 5.67. The minimum absolute atomic E-state index is 0.0419. The van der Waals surface area contributed by atoms with E-state index in [2.05, 4.69) is 36.1 Å². The van der Waals surface area contributed by atoms with Crippen LogP contribution in [0.25, 0.3) is 0 Å². The SMILES string of the molecule is CC(c1ccccc1)N(Cc1ccccc1)[C@H](c1ccccc1)C(C)(C)C(=O)O. The molecule has 0 saturated carbocycles. The lowest BCUT2D eigenvalue weighted by molar-refractivity contribution is -0.152. The Hall–Kier alpha value is -2.91. The second kappa shape index (κ2) is 9.06. The Labute approximate surface area is 173 Å². The molecule has 0 amide bonds. The molecule has 0 fully saturated rings. The fraction of sp³-hybridized carbons (Fsp3) is 0.269. The van der Waals surface area contributed by atoms with Gasteiger partial charge < -0.3 is 5.11 Å². The number of benzene rings is 3. The van der Waals surface area contributed by atoms with E-state index >= 15 is 0 Å². The van der Waals surface area contributed by atoms with E-state index in [9.17, 15) is 9.90 Å². The smallest absolute Gasteiger partial charge is 0.311 e. The molecule has 3 aromatic rings. The van der Waals surface area contributed by atoms with E-state index in [1.165, 1.54) is 5.56 Å². The first-order chi connectivity index (χ1) is 13.9. The van der Waals surface area contributed by atoms with Crippen LogP contribution in [0.3, 0.4) is 0 Å². The van der Waals surface area contributed by atoms with Crippen LogP contribution in [0.5, 0.6) is 0 Å². The van der Waals surface area contributed by atoms with Crippen LogP contribution in [-0.4, -0.2) is 16.0 Å². The summed E-state index contributed by atoms with van der Waals surface area (Å²) in [6.07, 6.45) is 0. The Morgan fingerprint density at radius 2 is 1.28 bits per heavy atom. The van der Waals surface area contributed by atoms with Crippen LogP contribution in [0.1, 0.15) is 49.5 Å². The van der Waals surface area contributed by atoms with Gasteiger partial charge in [-0.05, 0) is 37.5 Å². The quantitative estimate of drug-likeness (QED) is 0.507. The molecule has 3 heteroatoms. The van der Waals surface area contributed by atoms with E-state index in [-0.39, 0.29) is 12.1 Å². The maximum Gasteiger partial charge on any atom is 0.311 e. The Morgan fingerprint density at radius 3 is 1.76 bits per heavy atom. The van der Waals surface area contributed by atoms with Gasteiger partial charge in [-0.3, -0.25) is 9.69 Å². The molecule has 1 unspecified atom stereocenters. The van der Waals surface area contributed by atoms with Gasteiger partial charge in [-0.15, -0.1) is 0 Å². The van der Waals surface area contributed by atoms with E-state index in [4.69, 9.17) is 0 Å². The zero-order valence-electron chi connectivity index (χ0n) is 17.3. The van der Waals surface area contributed by atoms with Crippen molar-refractivity contribution in [1.29, 1.82) is 0 Å². The predicted octanol–water partition coefficient (Wildman–Crippen LogP) is 6.10. The number of carboxylic acids is 1. The van der Waals surface area contributed by atoms with Gasteiger partial charge in [0.2, 0.25) is 0 Å². The van der Waals surface area contributed by atoms with E-state index in [0.29, 0.717) is 6.54 Å². The standard InChI is InChI=1S/C26H29NO2/c1-20(22-15-9-5-10-16-22)27(19-21-13-7-4-8-14-21)24(26(2,3)25(28)29)23-17-11-6-12-18-23/h4-18,20,24H,19H2,1-3H3,(H,28,29)/t20?,24-/m1/s1. The molecule has 0 aliphatic heterocycles. The van der Waals surface area contributed by atoms with E-state index < -0.39 is 11.4 Å². The van der Waals surface area contributed by atoms with Gasteiger partial charge in [0.1, 0.15) is 0 Å².